The van der Waals surface area contributed by atoms with E-state index in [1.807, 2.05) is 30.0 Å². The van der Waals surface area contributed by atoms with E-state index >= 15 is 0 Å². The van der Waals surface area contributed by atoms with Gasteiger partial charge in [-0.25, -0.2) is 9.97 Å². The minimum Gasteiger partial charge on any atom is -0.399 e. The Morgan fingerprint density at radius 2 is 2.22 bits per heavy atom. The Labute approximate surface area is 111 Å². The Morgan fingerprint density at radius 3 is 3.00 bits per heavy atom. The van der Waals surface area contributed by atoms with Crippen molar-refractivity contribution in [2.45, 2.75) is 19.4 Å². The molecule has 4 nitrogen and oxygen atoms in total. The molecule has 18 heavy (non-hydrogen) atoms. The van der Waals surface area contributed by atoms with E-state index in [-0.39, 0.29) is 0 Å². The molecule has 1 unspecified atom stereocenters. The number of fused-ring (bicyclic) bond motifs is 1. The molecule has 0 spiro atoms. The fourth-order valence-electron chi connectivity index (χ4n) is 1.79. The van der Waals surface area contributed by atoms with Gasteiger partial charge in [-0.2, -0.15) is 11.8 Å². The predicted molar refractivity (Wildman–Crippen MR) is 80.0 cm³/mol. The summed E-state index contributed by atoms with van der Waals surface area (Å²) in [5, 5.41) is 4.41. The lowest BCUT2D eigenvalue weighted by molar-refractivity contribution is 0.768. The molecule has 0 aliphatic carbocycles. The molecule has 1 aromatic carbocycles. The van der Waals surface area contributed by atoms with Crippen molar-refractivity contribution < 1.29 is 0 Å². The molecule has 0 aliphatic rings. The number of rotatable bonds is 5. The summed E-state index contributed by atoms with van der Waals surface area (Å²) in [6, 6.07) is 6.08. The molecule has 0 saturated heterocycles. The molecule has 0 aliphatic heterocycles. The zero-order valence-electron chi connectivity index (χ0n) is 10.7. The number of nitrogens with two attached hydrogens (primary N) is 1. The van der Waals surface area contributed by atoms with E-state index in [9.17, 15) is 0 Å². The normalized spacial score (nSPS) is 12.6. The Kier molecular flexibility index (Phi) is 4.25. The van der Waals surface area contributed by atoms with Crippen molar-refractivity contribution in [1.82, 2.24) is 9.97 Å². The number of hydrogen-bond acceptors (Lipinski definition) is 5. The van der Waals surface area contributed by atoms with Gasteiger partial charge in [-0.05, 0) is 43.6 Å². The van der Waals surface area contributed by atoms with Crippen LogP contribution in [-0.4, -0.2) is 28.0 Å². The fraction of sp³-hybridized carbons (Fsp3) is 0.385. The maximum atomic E-state index is 5.82. The summed E-state index contributed by atoms with van der Waals surface area (Å²) in [5.74, 6) is 2.00. The molecule has 1 heterocycles. The van der Waals surface area contributed by atoms with Crippen LogP contribution in [0.3, 0.4) is 0 Å². The Hall–Kier alpha value is -1.49. The highest BCUT2D eigenvalue weighted by Crippen LogP contribution is 2.22. The van der Waals surface area contributed by atoms with Crippen LogP contribution in [0.2, 0.25) is 0 Å². The van der Waals surface area contributed by atoms with E-state index < -0.39 is 0 Å². The molecule has 1 aromatic heterocycles. The molecule has 0 fully saturated rings. The third kappa shape index (κ3) is 3.04. The van der Waals surface area contributed by atoms with E-state index in [0.29, 0.717) is 6.04 Å². The Morgan fingerprint density at radius 1 is 1.39 bits per heavy atom. The Bertz CT molecular complexity index is 529. The van der Waals surface area contributed by atoms with Crippen molar-refractivity contribution in [3.63, 3.8) is 0 Å². The predicted octanol–water partition coefficient (Wildman–Crippen LogP) is 2.77. The number of benzene rings is 1. The van der Waals surface area contributed by atoms with Crippen molar-refractivity contribution in [2.75, 3.05) is 23.1 Å². The van der Waals surface area contributed by atoms with Gasteiger partial charge in [-0.3, -0.25) is 0 Å². The quantitative estimate of drug-likeness (QED) is 0.811. The van der Waals surface area contributed by atoms with Crippen LogP contribution in [0.5, 0.6) is 0 Å². The van der Waals surface area contributed by atoms with Crippen molar-refractivity contribution in [3.8, 4) is 0 Å². The second kappa shape index (κ2) is 5.91. The number of nitrogen functional groups attached to an aromatic ring is 1. The largest absolute Gasteiger partial charge is 0.399 e. The van der Waals surface area contributed by atoms with Gasteiger partial charge in [-0.1, -0.05) is 0 Å². The smallest absolute Gasteiger partial charge is 0.137 e. The molecule has 0 radical (unpaired) electrons. The molecule has 96 valence electrons. The highest BCUT2D eigenvalue weighted by Gasteiger charge is 2.07. The second-order valence-corrected chi connectivity index (χ2v) is 5.31. The van der Waals surface area contributed by atoms with E-state index in [1.54, 1.807) is 6.33 Å². The molecule has 0 bridgehead atoms. The van der Waals surface area contributed by atoms with Crippen LogP contribution in [0.4, 0.5) is 11.5 Å². The highest BCUT2D eigenvalue weighted by atomic mass is 32.2. The molecule has 0 amide bonds. The van der Waals surface area contributed by atoms with Gasteiger partial charge in [0.25, 0.3) is 0 Å². The number of aromatic nitrogens is 2. The first-order valence-corrected chi connectivity index (χ1v) is 7.36. The molecule has 0 saturated carbocycles. The van der Waals surface area contributed by atoms with E-state index in [0.717, 1.165) is 34.6 Å². The maximum Gasteiger partial charge on any atom is 0.137 e. The summed E-state index contributed by atoms with van der Waals surface area (Å²) in [4.78, 5) is 8.55. The van der Waals surface area contributed by atoms with E-state index in [2.05, 4.69) is 28.5 Å². The van der Waals surface area contributed by atoms with Gasteiger partial charge in [0.15, 0.2) is 0 Å². The first-order valence-electron chi connectivity index (χ1n) is 5.96. The fourth-order valence-corrected chi connectivity index (χ4v) is 2.38. The van der Waals surface area contributed by atoms with Crippen LogP contribution < -0.4 is 11.1 Å². The van der Waals surface area contributed by atoms with Gasteiger partial charge in [0.2, 0.25) is 0 Å². The number of hydrogen-bond donors (Lipinski definition) is 2. The van der Waals surface area contributed by atoms with Crippen molar-refractivity contribution in [1.29, 1.82) is 0 Å². The summed E-state index contributed by atoms with van der Waals surface area (Å²) in [7, 11) is 0. The zero-order chi connectivity index (χ0) is 13.0. The second-order valence-electron chi connectivity index (χ2n) is 4.33. The molecule has 2 aromatic rings. The molecular formula is C13H18N4S. The summed E-state index contributed by atoms with van der Waals surface area (Å²) in [6.07, 6.45) is 4.81. The average molecular weight is 262 g/mol. The molecule has 5 heteroatoms. The van der Waals surface area contributed by atoms with Gasteiger partial charge in [0, 0.05) is 17.1 Å². The van der Waals surface area contributed by atoms with Crippen molar-refractivity contribution >= 4 is 34.2 Å². The molecular weight excluding hydrogens is 244 g/mol. The van der Waals surface area contributed by atoms with E-state index in [1.165, 1.54) is 0 Å². The van der Waals surface area contributed by atoms with Crippen LogP contribution >= 0.6 is 11.8 Å². The number of nitrogens with one attached hydrogen (secondary N) is 1. The lowest BCUT2D eigenvalue weighted by atomic mass is 10.2. The van der Waals surface area contributed by atoms with Gasteiger partial charge >= 0.3 is 0 Å². The standard InChI is InChI=1S/C13H18N4S/c1-9(5-6-18-2)17-13-11-7-10(14)3-4-12(11)15-8-16-13/h3-4,7-9H,5-6,14H2,1-2H3,(H,15,16,17). The average Bonchev–Trinajstić information content (AvgIpc) is 2.37. The monoisotopic (exact) mass is 262 g/mol. The number of thioether (sulfide) groups is 1. The van der Waals surface area contributed by atoms with Gasteiger partial charge < -0.3 is 11.1 Å². The van der Waals surface area contributed by atoms with Crippen LogP contribution in [0.1, 0.15) is 13.3 Å². The minimum absolute atomic E-state index is 0.386. The van der Waals surface area contributed by atoms with Crippen molar-refractivity contribution in [2.24, 2.45) is 0 Å². The number of anilines is 2. The highest BCUT2D eigenvalue weighted by molar-refractivity contribution is 7.98. The third-order valence-corrected chi connectivity index (χ3v) is 3.44. The van der Waals surface area contributed by atoms with Gasteiger partial charge in [-0.15, -0.1) is 0 Å². The van der Waals surface area contributed by atoms with Crippen LogP contribution in [0.25, 0.3) is 10.9 Å². The SMILES string of the molecule is CSCCC(C)Nc1ncnc2ccc(N)cc12. The Balaban J connectivity index is 2.24. The summed E-state index contributed by atoms with van der Waals surface area (Å²) < 4.78 is 0. The van der Waals surface area contributed by atoms with Crippen LogP contribution in [0.15, 0.2) is 24.5 Å². The van der Waals surface area contributed by atoms with Crippen molar-refractivity contribution in [3.05, 3.63) is 24.5 Å². The van der Waals surface area contributed by atoms with Gasteiger partial charge in [0.05, 0.1) is 5.52 Å². The van der Waals surface area contributed by atoms with Gasteiger partial charge in [0.1, 0.15) is 12.1 Å². The summed E-state index contributed by atoms with van der Waals surface area (Å²) >= 11 is 1.85. The van der Waals surface area contributed by atoms with E-state index in [4.69, 9.17) is 5.73 Å². The minimum atomic E-state index is 0.386. The summed E-state index contributed by atoms with van der Waals surface area (Å²) in [5.41, 5.74) is 7.47. The number of nitrogens with zero attached hydrogens (tertiary/aromatic N) is 2. The summed E-state index contributed by atoms with van der Waals surface area (Å²) in [6.45, 7) is 2.16. The molecule has 1 atom stereocenters. The van der Waals surface area contributed by atoms with Crippen LogP contribution in [0, 0.1) is 0 Å². The maximum absolute atomic E-state index is 5.82. The molecule has 3 N–H and O–H groups in total. The third-order valence-electron chi connectivity index (χ3n) is 2.80. The lowest BCUT2D eigenvalue weighted by Gasteiger charge is -2.15. The first kappa shape index (κ1) is 13.0. The topological polar surface area (TPSA) is 63.8 Å². The zero-order valence-corrected chi connectivity index (χ0v) is 11.5. The lowest BCUT2D eigenvalue weighted by Crippen LogP contribution is -2.17. The van der Waals surface area contributed by atoms with Crippen LogP contribution in [-0.2, 0) is 0 Å². The first-order chi connectivity index (χ1) is 8.70. The molecule has 2 rings (SSSR count).